The first kappa shape index (κ1) is 14.7. The fourth-order valence-corrected chi connectivity index (χ4v) is 3.97. The van der Waals surface area contributed by atoms with Crippen LogP contribution in [-0.2, 0) is 0 Å². The highest BCUT2D eigenvalue weighted by molar-refractivity contribution is 7.99. The van der Waals surface area contributed by atoms with Gasteiger partial charge in [0.15, 0.2) is 0 Å². The summed E-state index contributed by atoms with van der Waals surface area (Å²) in [6.45, 7) is 0. The molecule has 1 aromatic heterocycles. The van der Waals surface area contributed by atoms with Gasteiger partial charge in [0.05, 0.1) is 5.56 Å². The number of hydrogen-bond donors (Lipinski definition) is 1. The molecule has 21 heavy (non-hydrogen) atoms. The van der Waals surface area contributed by atoms with Crippen molar-refractivity contribution < 1.29 is 9.53 Å². The van der Waals surface area contributed by atoms with Crippen LogP contribution in [0.1, 0.15) is 48.9 Å². The molecule has 5 heteroatoms. The maximum atomic E-state index is 12.2. The van der Waals surface area contributed by atoms with Crippen molar-refractivity contribution in [1.29, 1.82) is 0 Å². The molecular formula is C16H22N2O2S. The number of ether oxygens (including phenoxy) is 1. The van der Waals surface area contributed by atoms with Crippen molar-refractivity contribution in [2.24, 2.45) is 0 Å². The summed E-state index contributed by atoms with van der Waals surface area (Å²) in [6.07, 6.45) is 8.89. The molecule has 1 aliphatic heterocycles. The summed E-state index contributed by atoms with van der Waals surface area (Å²) in [6, 6.07) is 3.94. The smallest absolute Gasteiger partial charge is 0.253 e. The van der Waals surface area contributed by atoms with E-state index in [4.69, 9.17) is 4.74 Å². The second kappa shape index (κ2) is 7.16. The van der Waals surface area contributed by atoms with E-state index in [1.54, 1.807) is 12.3 Å². The van der Waals surface area contributed by atoms with E-state index >= 15 is 0 Å². The molecule has 1 saturated heterocycles. The van der Waals surface area contributed by atoms with E-state index in [-0.39, 0.29) is 12.0 Å². The summed E-state index contributed by atoms with van der Waals surface area (Å²) in [5.41, 5.74) is 0.619. The van der Waals surface area contributed by atoms with Crippen molar-refractivity contribution in [3.63, 3.8) is 0 Å². The van der Waals surface area contributed by atoms with Gasteiger partial charge in [-0.3, -0.25) is 4.79 Å². The SMILES string of the molecule is O=C(NC1CCCCC1)c1ccc(OC2CCSC2)nc1. The van der Waals surface area contributed by atoms with Crippen molar-refractivity contribution in [2.45, 2.75) is 50.7 Å². The zero-order valence-corrected chi connectivity index (χ0v) is 13.0. The second-order valence-corrected chi connectivity index (χ2v) is 6.95. The lowest BCUT2D eigenvalue weighted by atomic mass is 9.95. The van der Waals surface area contributed by atoms with Crippen LogP contribution >= 0.6 is 11.8 Å². The summed E-state index contributed by atoms with van der Waals surface area (Å²) in [4.78, 5) is 16.4. The lowest BCUT2D eigenvalue weighted by Crippen LogP contribution is -2.36. The van der Waals surface area contributed by atoms with Gasteiger partial charge in [-0.2, -0.15) is 11.8 Å². The van der Waals surface area contributed by atoms with Gasteiger partial charge in [0.2, 0.25) is 5.88 Å². The molecule has 3 rings (SSSR count). The lowest BCUT2D eigenvalue weighted by Gasteiger charge is -2.22. The van der Waals surface area contributed by atoms with Crippen LogP contribution in [0.4, 0.5) is 0 Å². The van der Waals surface area contributed by atoms with Crippen LogP contribution in [0.2, 0.25) is 0 Å². The Kier molecular flexibility index (Phi) is 5.01. The van der Waals surface area contributed by atoms with Gasteiger partial charge in [-0.05, 0) is 31.1 Å². The number of carbonyl (C=O) groups excluding carboxylic acids is 1. The first-order valence-electron chi connectivity index (χ1n) is 7.82. The molecule has 1 amide bonds. The minimum Gasteiger partial charge on any atom is -0.473 e. The maximum Gasteiger partial charge on any atom is 0.253 e. The van der Waals surface area contributed by atoms with E-state index in [0.717, 1.165) is 30.8 Å². The Morgan fingerprint density at radius 3 is 2.76 bits per heavy atom. The Hall–Kier alpha value is -1.23. The second-order valence-electron chi connectivity index (χ2n) is 5.80. The van der Waals surface area contributed by atoms with Crippen LogP contribution in [0.3, 0.4) is 0 Å². The van der Waals surface area contributed by atoms with E-state index in [0.29, 0.717) is 17.5 Å². The largest absolute Gasteiger partial charge is 0.473 e. The topological polar surface area (TPSA) is 51.2 Å². The molecule has 4 nitrogen and oxygen atoms in total. The molecular weight excluding hydrogens is 284 g/mol. The number of pyridine rings is 1. The summed E-state index contributed by atoms with van der Waals surface area (Å²) in [5.74, 6) is 2.80. The molecule has 1 aliphatic carbocycles. The van der Waals surface area contributed by atoms with Gasteiger partial charge in [-0.15, -0.1) is 0 Å². The predicted molar refractivity (Wildman–Crippen MR) is 84.9 cm³/mol. The van der Waals surface area contributed by atoms with Gasteiger partial charge in [0.1, 0.15) is 6.10 Å². The van der Waals surface area contributed by atoms with Crippen LogP contribution in [0, 0.1) is 0 Å². The molecule has 1 aromatic rings. The third-order valence-corrected chi connectivity index (χ3v) is 5.25. The third kappa shape index (κ3) is 4.13. The highest BCUT2D eigenvalue weighted by Crippen LogP contribution is 2.22. The van der Waals surface area contributed by atoms with Crippen LogP contribution in [-0.4, -0.2) is 34.5 Å². The van der Waals surface area contributed by atoms with E-state index < -0.39 is 0 Å². The van der Waals surface area contributed by atoms with Crippen LogP contribution in [0.25, 0.3) is 0 Å². The molecule has 1 atom stereocenters. The minimum absolute atomic E-state index is 0.0163. The molecule has 2 fully saturated rings. The van der Waals surface area contributed by atoms with Crippen molar-refractivity contribution in [3.05, 3.63) is 23.9 Å². The molecule has 0 spiro atoms. The van der Waals surface area contributed by atoms with Crippen LogP contribution < -0.4 is 10.1 Å². The van der Waals surface area contributed by atoms with Gasteiger partial charge in [0, 0.05) is 24.1 Å². The highest BCUT2D eigenvalue weighted by atomic mass is 32.2. The van der Waals surface area contributed by atoms with Gasteiger partial charge in [0.25, 0.3) is 5.91 Å². The van der Waals surface area contributed by atoms with Gasteiger partial charge in [-0.25, -0.2) is 4.98 Å². The quantitative estimate of drug-likeness (QED) is 0.929. The maximum absolute atomic E-state index is 12.2. The highest BCUT2D eigenvalue weighted by Gasteiger charge is 2.19. The predicted octanol–water partition coefficient (Wildman–Crippen LogP) is 3.03. The normalized spacial score (nSPS) is 23.0. The summed E-state index contributed by atoms with van der Waals surface area (Å²) in [7, 11) is 0. The van der Waals surface area contributed by atoms with E-state index in [2.05, 4.69) is 10.3 Å². The Morgan fingerprint density at radius 2 is 2.10 bits per heavy atom. The number of rotatable bonds is 4. The van der Waals surface area contributed by atoms with Gasteiger partial charge in [-0.1, -0.05) is 19.3 Å². The number of aromatic nitrogens is 1. The molecule has 2 heterocycles. The van der Waals surface area contributed by atoms with E-state index in [1.165, 1.54) is 19.3 Å². The third-order valence-electron chi connectivity index (χ3n) is 4.11. The fourth-order valence-electron chi connectivity index (χ4n) is 2.88. The van der Waals surface area contributed by atoms with Crippen molar-refractivity contribution in [2.75, 3.05) is 11.5 Å². The Labute approximate surface area is 130 Å². The molecule has 0 bridgehead atoms. The van der Waals surface area contributed by atoms with E-state index in [1.807, 2.05) is 17.8 Å². The zero-order chi connectivity index (χ0) is 14.5. The number of carbonyl (C=O) groups is 1. The Balaban J connectivity index is 1.53. The molecule has 1 unspecified atom stereocenters. The number of thioether (sulfide) groups is 1. The van der Waals surface area contributed by atoms with Crippen LogP contribution in [0.5, 0.6) is 5.88 Å². The molecule has 0 aromatic carbocycles. The van der Waals surface area contributed by atoms with Crippen molar-refractivity contribution >= 4 is 17.7 Å². The standard InChI is InChI=1S/C16H22N2O2S/c19-16(18-13-4-2-1-3-5-13)12-6-7-15(17-10-12)20-14-8-9-21-11-14/h6-7,10,13-14H,1-5,8-9,11H2,(H,18,19). The summed E-state index contributed by atoms with van der Waals surface area (Å²) < 4.78 is 5.80. The first-order chi connectivity index (χ1) is 10.3. The average molecular weight is 306 g/mol. The Bertz CT molecular complexity index is 466. The summed E-state index contributed by atoms with van der Waals surface area (Å²) in [5, 5.41) is 3.10. The molecule has 1 N–H and O–H groups in total. The van der Waals surface area contributed by atoms with E-state index in [9.17, 15) is 4.79 Å². The lowest BCUT2D eigenvalue weighted by molar-refractivity contribution is 0.0927. The Morgan fingerprint density at radius 1 is 1.24 bits per heavy atom. The minimum atomic E-state index is -0.0163. The van der Waals surface area contributed by atoms with Crippen molar-refractivity contribution in [1.82, 2.24) is 10.3 Å². The number of amides is 1. The monoisotopic (exact) mass is 306 g/mol. The summed E-state index contributed by atoms with van der Waals surface area (Å²) >= 11 is 1.91. The number of nitrogens with zero attached hydrogens (tertiary/aromatic N) is 1. The van der Waals surface area contributed by atoms with Gasteiger partial charge < -0.3 is 10.1 Å². The first-order valence-corrected chi connectivity index (χ1v) is 8.98. The molecule has 114 valence electrons. The average Bonchev–Trinajstić information content (AvgIpc) is 3.02. The zero-order valence-electron chi connectivity index (χ0n) is 12.2. The molecule has 2 aliphatic rings. The van der Waals surface area contributed by atoms with Crippen molar-refractivity contribution in [3.8, 4) is 5.88 Å². The molecule has 1 saturated carbocycles. The number of hydrogen-bond acceptors (Lipinski definition) is 4. The van der Waals surface area contributed by atoms with Crippen LogP contribution in [0.15, 0.2) is 18.3 Å². The fraction of sp³-hybridized carbons (Fsp3) is 0.625. The molecule has 0 radical (unpaired) electrons. The van der Waals surface area contributed by atoms with Gasteiger partial charge >= 0.3 is 0 Å². The number of nitrogens with one attached hydrogen (secondary N) is 1.